The zero-order valence-corrected chi connectivity index (χ0v) is 23.0. The summed E-state index contributed by atoms with van der Waals surface area (Å²) < 4.78 is 10.8. The molecule has 0 aliphatic carbocycles. The SMILES string of the molecule is CCCCCCCCCCCCCCCCCCOc1ccc(/C=C(\C)C(=O)OCC(O)CO)cc1. The minimum absolute atomic E-state index is 0.216. The van der Waals surface area contributed by atoms with Crippen molar-refractivity contribution in [3.63, 3.8) is 0 Å². The van der Waals surface area contributed by atoms with Gasteiger partial charge in [-0.2, -0.15) is 0 Å². The second kappa shape index (κ2) is 22.4. The molecule has 5 nitrogen and oxygen atoms in total. The van der Waals surface area contributed by atoms with Crippen molar-refractivity contribution in [3.05, 3.63) is 35.4 Å². The zero-order chi connectivity index (χ0) is 26.3. The van der Waals surface area contributed by atoms with E-state index in [4.69, 9.17) is 14.6 Å². The second-order valence-corrected chi connectivity index (χ2v) is 9.98. The maximum absolute atomic E-state index is 11.9. The minimum Gasteiger partial charge on any atom is -0.494 e. The third-order valence-electron chi connectivity index (χ3n) is 6.47. The summed E-state index contributed by atoms with van der Waals surface area (Å²) >= 11 is 0. The van der Waals surface area contributed by atoms with Crippen LogP contribution in [0.15, 0.2) is 29.8 Å². The second-order valence-electron chi connectivity index (χ2n) is 9.98. The van der Waals surface area contributed by atoms with Gasteiger partial charge in [0, 0.05) is 5.57 Å². The van der Waals surface area contributed by atoms with Gasteiger partial charge in [0.25, 0.3) is 0 Å². The van der Waals surface area contributed by atoms with E-state index in [1.165, 1.54) is 96.3 Å². The lowest BCUT2D eigenvalue weighted by atomic mass is 10.0. The highest BCUT2D eigenvalue weighted by molar-refractivity contribution is 5.93. The lowest BCUT2D eigenvalue weighted by molar-refractivity contribution is -0.142. The van der Waals surface area contributed by atoms with E-state index in [2.05, 4.69) is 6.92 Å². The van der Waals surface area contributed by atoms with E-state index in [0.29, 0.717) is 5.57 Å². The van der Waals surface area contributed by atoms with Crippen LogP contribution in [-0.2, 0) is 9.53 Å². The van der Waals surface area contributed by atoms with Crippen molar-refractivity contribution < 1.29 is 24.5 Å². The average molecular weight is 505 g/mol. The monoisotopic (exact) mass is 504 g/mol. The fourth-order valence-electron chi connectivity index (χ4n) is 4.15. The summed E-state index contributed by atoms with van der Waals surface area (Å²) in [4.78, 5) is 11.9. The quantitative estimate of drug-likeness (QED) is 0.0910. The molecule has 0 aliphatic rings. The van der Waals surface area contributed by atoms with Crippen LogP contribution in [0.1, 0.15) is 122 Å². The van der Waals surface area contributed by atoms with Crippen molar-refractivity contribution in [2.24, 2.45) is 0 Å². The van der Waals surface area contributed by atoms with Crippen molar-refractivity contribution in [1.82, 2.24) is 0 Å². The first-order valence-electron chi connectivity index (χ1n) is 14.4. The minimum atomic E-state index is -1.05. The van der Waals surface area contributed by atoms with Gasteiger partial charge in [-0.15, -0.1) is 0 Å². The lowest BCUT2D eigenvalue weighted by Gasteiger charge is -2.09. The summed E-state index contributed by atoms with van der Waals surface area (Å²) in [5.74, 6) is 0.325. The number of hydrogen-bond acceptors (Lipinski definition) is 5. The standard InChI is InChI=1S/C31H52O5/c1-3-4-5-6-7-8-9-10-11-12-13-14-15-16-17-18-23-35-30-21-19-28(20-22-30)24-27(2)31(34)36-26-29(33)25-32/h19-22,24,29,32-33H,3-18,23,25-26H2,1-2H3/b27-24+. The van der Waals surface area contributed by atoms with Gasteiger partial charge >= 0.3 is 5.97 Å². The fraction of sp³-hybridized carbons (Fsp3) is 0.710. The van der Waals surface area contributed by atoms with E-state index < -0.39 is 18.7 Å². The first kappa shape index (κ1) is 32.2. The van der Waals surface area contributed by atoms with Crippen molar-refractivity contribution >= 4 is 12.0 Å². The number of carbonyl (C=O) groups excluding carboxylic acids is 1. The Kier molecular flexibility index (Phi) is 20.0. The van der Waals surface area contributed by atoms with Gasteiger partial charge in [0.1, 0.15) is 18.5 Å². The molecular weight excluding hydrogens is 452 g/mol. The molecule has 1 rings (SSSR count). The van der Waals surface area contributed by atoms with Crippen LogP contribution in [0.25, 0.3) is 6.08 Å². The molecular formula is C31H52O5. The summed E-state index contributed by atoms with van der Waals surface area (Å²) in [6.45, 7) is 4.02. The van der Waals surface area contributed by atoms with Gasteiger partial charge in [0.2, 0.25) is 0 Å². The lowest BCUT2D eigenvalue weighted by Crippen LogP contribution is -2.22. The molecule has 0 radical (unpaired) electrons. The van der Waals surface area contributed by atoms with Gasteiger partial charge in [-0.05, 0) is 37.1 Å². The van der Waals surface area contributed by atoms with Crippen LogP contribution >= 0.6 is 0 Å². The van der Waals surface area contributed by atoms with E-state index in [1.807, 2.05) is 24.3 Å². The van der Waals surface area contributed by atoms with Crippen LogP contribution in [0.5, 0.6) is 5.75 Å². The average Bonchev–Trinajstić information content (AvgIpc) is 2.89. The van der Waals surface area contributed by atoms with Gasteiger partial charge in [-0.1, -0.05) is 115 Å². The topological polar surface area (TPSA) is 76.0 Å². The normalized spacial score (nSPS) is 12.5. The number of rotatable bonds is 23. The highest BCUT2D eigenvalue weighted by atomic mass is 16.5. The number of carbonyl (C=O) groups is 1. The van der Waals surface area contributed by atoms with Gasteiger partial charge in [-0.25, -0.2) is 4.79 Å². The molecule has 0 spiro atoms. The highest BCUT2D eigenvalue weighted by Gasteiger charge is 2.09. The molecule has 1 unspecified atom stereocenters. The molecule has 0 aliphatic heterocycles. The smallest absolute Gasteiger partial charge is 0.333 e. The summed E-state index contributed by atoms with van der Waals surface area (Å²) in [5, 5.41) is 18.0. The van der Waals surface area contributed by atoms with Crippen LogP contribution in [0.3, 0.4) is 0 Å². The van der Waals surface area contributed by atoms with E-state index in [9.17, 15) is 9.90 Å². The number of ether oxygens (including phenoxy) is 2. The number of aliphatic hydroxyl groups is 2. The van der Waals surface area contributed by atoms with Crippen LogP contribution in [0.4, 0.5) is 0 Å². The van der Waals surface area contributed by atoms with E-state index in [-0.39, 0.29) is 6.61 Å². The molecule has 206 valence electrons. The molecule has 0 saturated carbocycles. The third-order valence-corrected chi connectivity index (χ3v) is 6.47. The Bertz CT molecular complexity index is 683. The highest BCUT2D eigenvalue weighted by Crippen LogP contribution is 2.17. The Labute approximate surface area is 220 Å². The first-order valence-corrected chi connectivity index (χ1v) is 14.4. The maximum Gasteiger partial charge on any atom is 0.333 e. The number of benzene rings is 1. The molecule has 2 N–H and O–H groups in total. The fourth-order valence-corrected chi connectivity index (χ4v) is 4.15. The number of unbranched alkanes of at least 4 members (excludes halogenated alkanes) is 15. The summed E-state index contributed by atoms with van der Waals surface area (Å²) in [5.41, 5.74) is 1.31. The Balaban J connectivity index is 2.00. The van der Waals surface area contributed by atoms with Crippen LogP contribution < -0.4 is 4.74 Å². The van der Waals surface area contributed by atoms with Crippen LogP contribution in [0, 0.1) is 0 Å². The Morgan fingerprint density at radius 1 is 0.806 bits per heavy atom. The molecule has 0 fully saturated rings. The maximum atomic E-state index is 11.9. The predicted molar refractivity (Wildman–Crippen MR) is 149 cm³/mol. The summed E-state index contributed by atoms with van der Waals surface area (Å²) in [7, 11) is 0. The molecule has 0 heterocycles. The van der Waals surface area contributed by atoms with E-state index in [1.54, 1.807) is 13.0 Å². The molecule has 0 bridgehead atoms. The predicted octanol–water partition coefficient (Wildman–Crippen LogP) is 7.63. The van der Waals surface area contributed by atoms with Gasteiger partial charge < -0.3 is 19.7 Å². The van der Waals surface area contributed by atoms with Gasteiger partial charge in [-0.3, -0.25) is 0 Å². The Morgan fingerprint density at radius 2 is 1.28 bits per heavy atom. The Hall–Kier alpha value is -1.85. The molecule has 1 aromatic carbocycles. The third kappa shape index (κ3) is 17.6. The van der Waals surface area contributed by atoms with Crippen LogP contribution in [-0.4, -0.2) is 42.1 Å². The number of hydrogen-bond donors (Lipinski definition) is 2. The zero-order valence-electron chi connectivity index (χ0n) is 23.0. The number of aliphatic hydroxyl groups excluding tert-OH is 2. The first-order chi connectivity index (χ1) is 17.6. The van der Waals surface area contributed by atoms with E-state index in [0.717, 1.165) is 24.3 Å². The van der Waals surface area contributed by atoms with Crippen molar-refractivity contribution in [3.8, 4) is 5.75 Å². The Morgan fingerprint density at radius 3 is 1.75 bits per heavy atom. The van der Waals surface area contributed by atoms with E-state index >= 15 is 0 Å². The molecule has 0 amide bonds. The molecule has 1 aromatic rings. The van der Waals surface area contributed by atoms with Crippen LogP contribution in [0.2, 0.25) is 0 Å². The molecule has 0 saturated heterocycles. The number of esters is 1. The molecule has 36 heavy (non-hydrogen) atoms. The van der Waals surface area contributed by atoms with Gasteiger partial charge in [0.15, 0.2) is 0 Å². The van der Waals surface area contributed by atoms with Crippen molar-refractivity contribution in [2.45, 2.75) is 123 Å². The molecule has 1 atom stereocenters. The van der Waals surface area contributed by atoms with Crippen molar-refractivity contribution in [2.75, 3.05) is 19.8 Å². The molecule has 0 aromatic heterocycles. The van der Waals surface area contributed by atoms with Crippen molar-refractivity contribution in [1.29, 1.82) is 0 Å². The summed E-state index contributed by atoms with van der Waals surface area (Å²) in [6.07, 6.45) is 22.5. The summed E-state index contributed by atoms with van der Waals surface area (Å²) in [6, 6.07) is 7.63. The van der Waals surface area contributed by atoms with Gasteiger partial charge in [0.05, 0.1) is 13.2 Å². The molecule has 5 heteroatoms. The largest absolute Gasteiger partial charge is 0.494 e.